The third kappa shape index (κ3) is 2.49. The minimum atomic E-state index is -0.389. The minimum Gasteiger partial charge on any atom is -0.295 e. The molecule has 2 rings (SSSR count). The number of hydrogen-bond donors (Lipinski definition) is 1. The zero-order valence-corrected chi connectivity index (χ0v) is 12.6. The second kappa shape index (κ2) is 4.82. The normalized spacial score (nSPS) is 11.6. The molecule has 7 heteroatoms. The average molecular weight is 292 g/mol. The summed E-state index contributed by atoms with van der Waals surface area (Å²) in [5.41, 5.74) is 1.28. The minimum absolute atomic E-state index is 0.102. The third-order valence-corrected chi connectivity index (χ3v) is 3.27. The van der Waals surface area contributed by atoms with Crippen molar-refractivity contribution in [3.8, 4) is 11.4 Å². The van der Waals surface area contributed by atoms with Crippen molar-refractivity contribution >= 4 is 17.9 Å². The first-order valence-corrected chi connectivity index (χ1v) is 6.56. The zero-order chi connectivity index (χ0) is 15.1. The number of aromatic amines is 1. The van der Waals surface area contributed by atoms with E-state index in [-0.39, 0.29) is 16.1 Å². The van der Waals surface area contributed by atoms with Gasteiger partial charge in [0.1, 0.15) is 0 Å². The summed E-state index contributed by atoms with van der Waals surface area (Å²) in [6, 6.07) is 4.94. The standard InChI is InChI=1S/C13H16N4O2S/c1-8-7-9(5-6-10(8)17(18)19)11-14-15-12(20)16(11)13(2,3)4/h5-7H,1-4H3,(H,15,20). The maximum atomic E-state index is 10.9. The van der Waals surface area contributed by atoms with Gasteiger partial charge in [-0.25, -0.2) is 0 Å². The molecule has 0 saturated carbocycles. The van der Waals surface area contributed by atoms with Crippen LogP contribution in [-0.2, 0) is 5.54 Å². The fourth-order valence-corrected chi connectivity index (χ4v) is 2.52. The highest BCUT2D eigenvalue weighted by molar-refractivity contribution is 7.71. The Kier molecular flexibility index (Phi) is 3.47. The number of nitro benzene ring substituents is 1. The van der Waals surface area contributed by atoms with Crippen molar-refractivity contribution in [2.45, 2.75) is 33.2 Å². The van der Waals surface area contributed by atoms with E-state index in [0.29, 0.717) is 16.2 Å². The molecule has 0 spiro atoms. The molecule has 20 heavy (non-hydrogen) atoms. The smallest absolute Gasteiger partial charge is 0.272 e. The van der Waals surface area contributed by atoms with Gasteiger partial charge in [-0.2, -0.15) is 5.10 Å². The number of nitrogens with one attached hydrogen (secondary N) is 1. The van der Waals surface area contributed by atoms with Gasteiger partial charge in [0.05, 0.1) is 4.92 Å². The molecule has 106 valence electrons. The molecule has 1 N–H and O–H groups in total. The first kappa shape index (κ1) is 14.4. The molecule has 1 heterocycles. The lowest BCUT2D eigenvalue weighted by Crippen LogP contribution is -2.23. The van der Waals surface area contributed by atoms with Crippen LogP contribution >= 0.6 is 12.2 Å². The lowest BCUT2D eigenvalue weighted by molar-refractivity contribution is -0.385. The molecule has 0 aliphatic rings. The fraction of sp³-hybridized carbons (Fsp3) is 0.385. The number of nitrogens with zero attached hydrogens (tertiary/aromatic N) is 3. The summed E-state index contributed by atoms with van der Waals surface area (Å²) in [4.78, 5) is 10.5. The van der Waals surface area contributed by atoms with E-state index < -0.39 is 0 Å². The van der Waals surface area contributed by atoms with Gasteiger partial charge in [0.2, 0.25) is 0 Å². The largest absolute Gasteiger partial charge is 0.295 e. The van der Waals surface area contributed by atoms with Crippen molar-refractivity contribution in [2.75, 3.05) is 0 Å². The summed E-state index contributed by atoms with van der Waals surface area (Å²) in [7, 11) is 0. The van der Waals surface area contributed by atoms with Crippen LogP contribution in [0.5, 0.6) is 0 Å². The Morgan fingerprint density at radius 2 is 2.05 bits per heavy atom. The van der Waals surface area contributed by atoms with Gasteiger partial charge in [-0.05, 0) is 52.0 Å². The first-order valence-electron chi connectivity index (χ1n) is 6.15. The number of benzene rings is 1. The molecule has 1 aromatic carbocycles. The van der Waals surface area contributed by atoms with Gasteiger partial charge in [-0.15, -0.1) is 0 Å². The molecule has 2 aromatic rings. The SMILES string of the molecule is Cc1cc(-c2n[nH]c(=S)n2C(C)(C)C)ccc1[N+](=O)[O-]. The summed E-state index contributed by atoms with van der Waals surface area (Å²) in [5, 5.41) is 17.9. The third-order valence-electron chi connectivity index (χ3n) is 2.99. The Morgan fingerprint density at radius 1 is 1.40 bits per heavy atom. The van der Waals surface area contributed by atoms with Crippen molar-refractivity contribution in [1.82, 2.24) is 14.8 Å². The van der Waals surface area contributed by atoms with Gasteiger partial charge >= 0.3 is 0 Å². The molecular weight excluding hydrogens is 276 g/mol. The zero-order valence-electron chi connectivity index (χ0n) is 11.8. The van der Waals surface area contributed by atoms with E-state index in [1.807, 2.05) is 25.3 Å². The van der Waals surface area contributed by atoms with E-state index in [0.717, 1.165) is 5.56 Å². The fourth-order valence-electron chi connectivity index (χ4n) is 2.11. The number of hydrogen-bond acceptors (Lipinski definition) is 4. The molecule has 0 radical (unpaired) electrons. The van der Waals surface area contributed by atoms with Gasteiger partial charge in [0.25, 0.3) is 5.69 Å². The highest BCUT2D eigenvalue weighted by atomic mass is 32.1. The molecule has 6 nitrogen and oxygen atoms in total. The number of nitro groups is 1. The molecule has 1 aromatic heterocycles. The topological polar surface area (TPSA) is 76.8 Å². The van der Waals surface area contributed by atoms with Gasteiger partial charge in [0, 0.05) is 22.7 Å². The van der Waals surface area contributed by atoms with Crippen molar-refractivity contribution in [2.24, 2.45) is 0 Å². The van der Waals surface area contributed by atoms with Crippen LogP contribution in [-0.4, -0.2) is 19.7 Å². The van der Waals surface area contributed by atoms with E-state index >= 15 is 0 Å². The Bertz CT molecular complexity index is 725. The van der Waals surface area contributed by atoms with Crippen LogP contribution in [0, 0.1) is 21.8 Å². The predicted octanol–water partition coefficient (Wildman–Crippen LogP) is 3.58. The summed E-state index contributed by atoms with van der Waals surface area (Å²) in [6.07, 6.45) is 0. The molecule has 0 fully saturated rings. The van der Waals surface area contributed by atoms with E-state index in [1.54, 1.807) is 19.1 Å². The Hall–Kier alpha value is -2.02. The summed E-state index contributed by atoms with van der Waals surface area (Å²) < 4.78 is 2.44. The van der Waals surface area contributed by atoms with Crippen LogP contribution in [0.4, 0.5) is 5.69 Å². The maximum Gasteiger partial charge on any atom is 0.272 e. The molecule has 0 saturated heterocycles. The second-order valence-corrected chi connectivity index (χ2v) is 6.00. The molecule has 0 amide bonds. The molecule has 0 bridgehead atoms. The van der Waals surface area contributed by atoms with E-state index in [1.165, 1.54) is 6.07 Å². The van der Waals surface area contributed by atoms with Crippen LogP contribution in [0.1, 0.15) is 26.3 Å². The average Bonchev–Trinajstić information content (AvgIpc) is 2.70. The quantitative estimate of drug-likeness (QED) is 0.521. The van der Waals surface area contributed by atoms with E-state index in [4.69, 9.17) is 12.2 Å². The Balaban J connectivity index is 2.62. The van der Waals surface area contributed by atoms with Crippen molar-refractivity contribution < 1.29 is 4.92 Å². The Morgan fingerprint density at radius 3 is 2.55 bits per heavy atom. The lowest BCUT2D eigenvalue weighted by Gasteiger charge is -2.22. The van der Waals surface area contributed by atoms with E-state index in [2.05, 4.69) is 10.2 Å². The van der Waals surface area contributed by atoms with E-state index in [9.17, 15) is 10.1 Å². The van der Waals surface area contributed by atoms with Gasteiger partial charge in [0.15, 0.2) is 10.6 Å². The number of aryl methyl sites for hydroxylation is 1. The number of rotatable bonds is 2. The Labute approximate surface area is 121 Å². The predicted molar refractivity (Wildman–Crippen MR) is 79.2 cm³/mol. The number of aromatic nitrogens is 3. The molecule has 0 aliphatic carbocycles. The van der Waals surface area contributed by atoms with Gasteiger partial charge in [-0.1, -0.05) is 0 Å². The second-order valence-electron chi connectivity index (χ2n) is 5.62. The van der Waals surface area contributed by atoms with Crippen LogP contribution in [0.2, 0.25) is 0 Å². The first-order chi connectivity index (χ1) is 9.21. The summed E-state index contributed by atoms with van der Waals surface area (Å²) >= 11 is 5.26. The van der Waals surface area contributed by atoms with Crippen LogP contribution in [0.3, 0.4) is 0 Å². The van der Waals surface area contributed by atoms with Crippen molar-refractivity contribution in [3.63, 3.8) is 0 Å². The maximum absolute atomic E-state index is 10.9. The summed E-state index contributed by atoms with van der Waals surface area (Å²) in [5.74, 6) is 0.681. The van der Waals surface area contributed by atoms with Crippen LogP contribution < -0.4 is 0 Å². The van der Waals surface area contributed by atoms with Crippen LogP contribution in [0.15, 0.2) is 18.2 Å². The van der Waals surface area contributed by atoms with Crippen LogP contribution in [0.25, 0.3) is 11.4 Å². The van der Waals surface area contributed by atoms with Gasteiger partial charge in [-0.3, -0.25) is 19.8 Å². The number of H-pyrrole nitrogens is 1. The lowest BCUT2D eigenvalue weighted by atomic mass is 10.1. The highest BCUT2D eigenvalue weighted by Crippen LogP contribution is 2.28. The molecule has 0 atom stereocenters. The molecule has 0 aliphatic heterocycles. The molecule has 0 unspecified atom stereocenters. The highest BCUT2D eigenvalue weighted by Gasteiger charge is 2.21. The molecular formula is C13H16N4O2S. The monoisotopic (exact) mass is 292 g/mol. The van der Waals surface area contributed by atoms with Gasteiger partial charge < -0.3 is 0 Å². The van der Waals surface area contributed by atoms with Crippen molar-refractivity contribution in [3.05, 3.63) is 38.6 Å². The summed E-state index contributed by atoms with van der Waals surface area (Å²) in [6.45, 7) is 7.80. The van der Waals surface area contributed by atoms with Crippen molar-refractivity contribution in [1.29, 1.82) is 0 Å².